The molecular formula is C16H19F3N2O3. The summed E-state index contributed by atoms with van der Waals surface area (Å²) in [5.41, 5.74) is -3.25. The third-order valence-corrected chi connectivity index (χ3v) is 3.70. The van der Waals surface area contributed by atoms with E-state index in [0.717, 1.165) is 0 Å². The van der Waals surface area contributed by atoms with Gasteiger partial charge >= 0.3 is 6.18 Å². The Morgan fingerprint density at radius 3 is 2.42 bits per heavy atom. The second-order valence-corrected chi connectivity index (χ2v) is 6.22. The van der Waals surface area contributed by atoms with Gasteiger partial charge in [0.25, 0.3) is 11.6 Å². The van der Waals surface area contributed by atoms with E-state index in [2.05, 4.69) is 5.10 Å². The van der Waals surface area contributed by atoms with Crippen molar-refractivity contribution in [3.63, 3.8) is 0 Å². The Labute approximate surface area is 137 Å². The standard InChI is InChI=1S/C16H19F3N2O3/c1-10(2)8-12-9-15(24,16(17,18)19)21(20-12)14(23)13(22)11-6-4-3-5-7-11/h3-7,10,13,22,24H,8-9H2,1-2H3/t13-,15+/m1/s1. The van der Waals surface area contributed by atoms with E-state index >= 15 is 0 Å². The van der Waals surface area contributed by atoms with Crippen LogP contribution in [0.1, 0.15) is 38.4 Å². The molecule has 2 N–H and O–H groups in total. The molecule has 0 bridgehead atoms. The highest BCUT2D eigenvalue weighted by Gasteiger charge is 2.63. The number of amides is 1. The van der Waals surface area contributed by atoms with Crippen LogP contribution in [0.4, 0.5) is 13.2 Å². The molecule has 0 unspecified atom stereocenters. The van der Waals surface area contributed by atoms with E-state index in [-0.39, 0.29) is 28.6 Å². The number of benzene rings is 1. The third kappa shape index (κ3) is 3.44. The normalized spacial score (nSPS) is 22.7. The molecule has 132 valence electrons. The lowest BCUT2D eigenvalue weighted by molar-refractivity contribution is -0.303. The Morgan fingerprint density at radius 1 is 1.33 bits per heavy atom. The van der Waals surface area contributed by atoms with Gasteiger partial charge in [-0.15, -0.1) is 0 Å². The minimum Gasteiger partial charge on any atom is -0.378 e. The first-order valence-electron chi connectivity index (χ1n) is 7.49. The zero-order chi connectivity index (χ0) is 18.1. The van der Waals surface area contributed by atoms with Crippen molar-refractivity contribution in [3.8, 4) is 0 Å². The van der Waals surface area contributed by atoms with Crippen LogP contribution in [0.25, 0.3) is 0 Å². The van der Waals surface area contributed by atoms with Crippen LogP contribution >= 0.6 is 0 Å². The maximum atomic E-state index is 13.3. The fourth-order valence-electron chi connectivity index (χ4n) is 2.55. The number of carbonyl (C=O) groups excluding carboxylic acids is 1. The Balaban J connectivity index is 2.35. The summed E-state index contributed by atoms with van der Waals surface area (Å²) >= 11 is 0. The molecule has 0 saturated carbocycles. The topological polar surface area (TPSA) is 73.1 Å². The average Bonchev–Trinajstić information content (AvgIpc) is 2.83. The second kappa shape index (κ2) is 6.52. The van der Waals surface area contributed by atoms with Crippen LogP contribution in [0.3, 0.4) is 0 Å². The summed E-state index contributed by atoms with van der Waals surface area (Å²) in [6.07, 6.45) is -7.55. The molecule has 1 aromatic rings. The average molecular weight is 344 g/mol. The van der Waals surface area contributed by atoms with E-state index in [9.17, 15) is 28.2 Å². The Hall–Kier alpha value is -1.93. The first-order chi connectivity index (χ1) is 11.1. The van der Waals surface area contributed by atoms with Crippen molar-refractivity contribution >= 4 is 11.6 Å². The number of aliphatic hydroxyl groups excluding tert-OH is 1. The maximum Gasteiger partial charge on any atom is 0.438 e. The lowest BCUT2D eigenvalue weighted by Gasteiger charge is -2.33. The monoisotopic (exact) mass is 344 g/mol. The maximum absolute atomic E-state index is 13.3. The summed E-state index contributed by atoms with van der Waals surface area (Å²) in [5.74, 6) is -1.31. The molecule has 24 heavy (non-hydrogen) atoms. The Kier molecular flexibility index (Phi) is 5.00. The third-order valence-electron chi connectivity index (χ3n) is 3.70. The van der Waals surface area contributed by atoms with Gasteiger partial charge in [0.05, 0.1) is 0 Å². The quantitative estimate of drug-likeness (QED) is 0.882. The van der Waals surface area contributed by atoms with Crippen molar-refractivity contribution in [1.82, 2.24) is 5.01 Å². The van der Waals surface area contributed by atoms with Crippen LogP contribution < -0.4 is 0 Å². The number of alkyl halides is 3. The summed E-state index contributed by atoms with van der Waals surface area (Å²) in [7, 11) is 0. The van der Waals surface area contributed by atoms with Gasteiger partial charge in [-0.05, 0) is 17.9 Å². The molecule has 2 rings (SSSR count). The molecule has 2 atom stereocenters. The summed E-state index contributed by atoms with van der Waals surface area (Å²) < 4.78 is 40.0. The largest absolute Gasteiger partial charge is 0.438 e. The molecule has 1 aliphatic rings. The van der Waals surface area contributed by atoms with Gasteiger partial charge in [-0.2, -0.15) is 23.3 Å². The predicted molar refractivity (Wildman–Crippen MR) is 80.8 cm³/mol. The van der Waals surface area contributed by atoms with Gasteiger partial charge in [0, 0.05) is 12.1 Å². The number of aliphatic hydroxyl groups is 2. The van der Waals surface area contributed by atoms with Crippen LogP contribution in [-0.4, -0.2) is 38.7 Å². The van der Waals surface area contributed by atoms with Gasteiger partial charge in [0.1, 0.15) is 0 Å². The van der Waals surface area contributed by atoms with Gasteiger partial charge in [-0.1, -0.05) is 44.2 Å². The second-order valence-electron chi connectivity index (χ2n) is 6.22. The molecule has 0 spiro atoms. The molecular weight excluding hydrogens is 325 g/mol. The fourth-order valence-corrected chi connectivity index (χ4v) is 2.55. The van der Waals surface area contributed by atoms with Crippen LogP contribution in [-0.2, 0) is 4.79 Å². The molecule has 0 fully saturated rings. The molecule has 1 heterocycles. The summed E-state index contributed by atoms with van der Waals surface area (Å²) in [5, 5.41) is 23.8. The molecule has 0 aliphatic carbocycles. The van der Waals surface area contributed by atoms with E-state index in [4.69, 9.17) is 0 Å². The van der Waals surface area contributed by atoms with Gasteiger partial charge < -0.3 is 10.2 Å². The fraction of sp³-hybridized carbons (Fsp3) is 0.500. The first kappa shape index (κ1) is 18.4. The smallest absolute Gasteiger partial charge is 0.378 e. The number of carbonyl (C=O) groups is 1. The molecule has 1 amide bonds. The predicted octanol–water partition coefficient (Wildman–Crippen LogP) is 2.61. The first-order valence-corrected chi connectivity index (χ1v) is 7.49. The highest BCUT2D eigenvalue weighted by atomic mass is 19.4. The highest BCUT2D eigenvalue weighted by Crippen LogP contribution is 2.42. The molecule has 1 aromatic carbocycles. The van der Waals surface area contributed by atoms with Gasteiger partial charge in [-0.3, -0.25) is 4.79 Å². The minimum atomic E-state index is -5.10. The van der Waals surface area contributed by atoms with Crippen LogP contribution in [0.2, 0.25) is 0 Å². The number of hydrogen-bond acceptors (Lipinski definition) is 4. The zero-order valence-corrected chi connectivity index (χ0v) is 13.3. The number of halogens is 3. The molecule has 0 radical (unpaired) electrons. The van der Waals surface area contributed by atoms with E-state index in [1.807, 2.05) is 0 Å². The van der Waals surface area contributed by atoms with Crippen LogP contribution in [0.15, 0.2) is 35.4 Å². The lowest BCUT2D eigenvalue weighted by Crippen LogP contribution is -2.57. The van der Waals surface area contributed by atoms with Crippen molar-refractivity contribution in [3.05, 3.63) is 35.9 Å². The van der Waals surface area contributed by atoms with E-state index in [1.165, 1.54) is 12.1 Å². The minimum absolute atomic E-state index is 0.00957. The summed E-state index contributed by atoms with van der Waals surface area (Å²) in [4.78, 5) is 12.3. The highest BCUT2D eigenvalue weighted by molar-refractivity contribution is 5.92. The van der Waals surface area contributed by atoms with Gasteiger partial charge in [0.15, 0.2) is 6.10 Å². The van der Waals surface area contributed by atoms with Crippen molar-refractivity contribution in [1.29, 1.82) is 0 Å². The number of rotatable bonds is 4. The van der Waals surface area contributed by atoms with Crippen molar-refractivity contribution in [2.75, 3.05) is 0 Å². The molecule has 1 aliphatic heterocycles. The molecule has 0 saturated heterocycles. The van der Waals surface area contributed by atoms with E-state index in [1.54, 1.807) is 32.0 Å². The zero-order valence-electron chi connectivity index (χ0n) is 13.3. The summed E-state index contributed by atoms with van der Waals surface area (Å²) in [6.45, 7) is 3.58. The number of hydrogen-bond donors (Lipinski definition) is 2. The SMILES string of the molecule is CC(C)CC1=NN(C(=O)[C@H](O)c2ccccc2)[C@@](O)(C(F)(F)F)C1. The van der Waals surface area contributed by atoms with Crippen molar-refractivity contribution in [2.24, 2.45) is 11.0 Å². The molecule has 8 heteroatoms. The van der Waals surface area contributed by atoms with Crippen LogP contribution in [0, 0.1) is 5.92 Å². The van der Waals surface area contributed by atoms with Gasteiger partial charge in [-0.25, -0.2) is 0 Å². The summed E-state index contributed by atoms with van der Waals surface area (Å²) in [6, 6.07) is 7.54. The van der Waals surface area contributed by atoms with Crippen molar-refractivity contribution < 1.29 is 28.2 Å². The number of hydrazone groups is 1. The van der Waals surface area contributed by atoms with Crippen LogP contribution in [0.5, 0.6) is 0 Å². The Morgan fingerprint density at radius 2 is 1.92 bits per heavy atom. The van der Waals surface area contributed by atoms with E-state index < -0.39 is 30.3 Å². The molecule has 0 aromatic heterocycles. The van der Waals surface area contributed by atoms with Crippen molar-refractivity contribution in [2.45, 2.75) is 44.7 Å². The van der Waals surface area contributed by atoms with E-state index in [0.29, 0.717) is 0 Å². The lowest BCUT2D eigenvalue weighted by atomic mass is 9.99. The van der Waals surface area contributed by atoms with Gasteiger partial charge in [0.2, 0.25) is 0 Å². The molecule has 5 nitrogen and oxygen atoms in total. The number of nitrogens with zero attached hydrogens (tertiary/aromatic N) is 2. The Bertz CT molecular complexity index is 631.